The van der Waals surface area contributed by atoms with Crippen LogP contribution in [0.15, 0.2) is 65.1 Å². The topological polar surface area (TPSA) is 166 Å². The Morgan fingerprint density at radius 3 is 1.89 bits per heavy atom. The lowest BCUT2D eigenvalue weighted by molar-refractivity contribution is 0.0106. The molecule has 3 atom stereocenters. The van der Waals surface area contributed by atoms with Gasteiger partial charge in [-0.2, -0.15) is 0 Å². The van der Waals surface area contributed by atoms with Gasteiger partial charge in [-0.3, -0.25) is 0 Å². The number of β-amino-alcohol motifs (C(OH)–C–C–N with tert-alkyl or cyclic N) is 1. The molecule has 4 aliphatic heterocycles. The van der Waals surface area contributed by atoms with E-state index in [1.165, 1.54) is 31.3 Å². The molecular weight excluding hydrogens is 939 g/mol. The second-order valence-electron chi connectivity index (χ2n) is 16.1. The van der Waals surface area contributed by atoms with E-state index in [9.17, 15) is 20.1 Å². The Bertz CT molecular complexity index is 2570. The van der Waals surface area contributed by atoms with Crippen LogP contribution in [0.25, 0.3) is 31.7 Å². The maximum atomic E-state index is 12.4. The van der Waals surface area contributed by atoms with Crippen LogP contribution >= 0.6 is 49.9 Å². The molecular formula is C46H52BrN7O7S3. The number of thiazole rings is 3. The third-order valence-electron chi connectivity index (χ3n) is 11.2. The van der Waals surface area contributed by atoms with E-state index in [0.717, 1.165) is 98.1 Å². The van der Waals surface area contributed by atoms with Crippen molar-refractivity contribution < 1.29 is 34.3 Å². The summed E-state index contributed by atoms with van der Waals surface area (Å²) in [5.74, 6) is -0.358. The highest BCUT2D eigenvalue weighted by Crippen LogP contribution is 2.40. The van der Waals surface area contributed by atoms with Gasteiger partial charge in [-0.15, -0.1) is 34.0 Å². The maximum Gasteiger partial charge on any atom is 0.338 e. The molecule has 0 saturated carbocycles. The number of nitrogens with zero attached hydrogens (tertiary/aromatic N) is 6. The summed E-state index contributed by atoms with van der Waals surface area (Å²) in [5, 5.41) is 35.7. The highest BCUT2D eigenvalue weighted by molar-refractivity contribution is 9.10. The standard InChI is InChI=1S/C18H21N3O3S.C14H15BrN2O2S.C14H16N2O2S/c1-24-18(23)13-8-11(21-6-2-3-7-21)4-5-12(13)17-20-14-9-19-10-15(22)16(14)25-17;1-17(2)11-4-3-8(5-9(11)15)14-16-10-6-19-7-12(18)13(10)20-14;1-16(2)10-5-3-9(4-6-10)14-15-11-7-18-8-12(17)13(11)19-14/h4-5,8,15,19,22H,2-3,6-7,9-10H2,1H3;3-5,12,18H,6-7H2,1-2H3;3-6,12,17H,7-8H2,1-2H3. The van der Waals surface area contributed by atoms with E-state index in [1.807, 2.05) is 46.4 Å². The van der Waals surface area contributed by atoms with Gasteiger partial charge in [-0.05, 0) is 89.4 Å². The molecule has 1 fully saturated rings. The second kappa shape index (κ2) is 20.4. The van der Waals surface area contributed by atoms with Crippen molar-refractivity contribution in [2.45, 2.75) is 50.9 Å². The molecule has 3 aromatic carbocycles. The molecule has 3 aromatic heterocycles. The number of ether oxygens (including phenoxy) is 3. The average Bonchev–Trinajstić information content (AvgIpc) is 4.14. The monoisotopic (exact) mass is 989 g/mol. The number of aliphatic hydroxyl groups is 3. The summed E-state index contributed by atoms with van der Waals surface area (Å²) in [7, 11) is 9.45. The number of nitrogens with one attached hydrogen (secondary N) is 1. The van der Waals surface area contributed by atoms with Crippen LogP contribution in [-0.2, 0) is 34.0 Å². The van der Waals surface area contributed by atoms with Gasteiger partial charge in [0.25, 0.3) is 0 Å². The van der Waals surface area contributed by atoms with Gasteiger partial charge in [0.1, 0.15) is 33.3 Å². The van der Waals surface area contributed by atoms with Gasteiger partial charge in [0.05, 0.1) is 76.5 Å². The minimum absolute atomic E-state index is 0.358. The number of aliphatic hydroxyl groups excluding tert-OH is 3. The second-order valence-corrected chi connectivity index (χ2v) is 20.1. The molecule has 4 aliphatic rings. The summed E-state index contributed by atoms with van der Waals surface area (Å²) in [6.07, 6.45) is 0.740. The summed E-state index contributed by atoms with van der Waals surface area (Å²) < 4.78 is 16.6. The molecule has 0 radical (unpaired) electrons. The number of esters is 1. The Labute approximate surface area is 393 Å². The minimum atomic E-state index is -0.547. The third kappa shape index (κ3) is 10.2. The van der Waals surface area contributed by atoms with Crippen LogP contribution in [0.4, 0.5) is 17.1 Å². The number of benzene rings is 3. The first-order valence-corrected chi connectivity index (χ1v) is 24.2. The number of hydrogen-bond acceptors (Lipinski definition) is 17. The van der Waals surface area contributed by atoms with Gasteiger partial charge < -0.3 is 49.5 Å². The van der Waals surface area contributed by atoms with Crippen molar-refractivity contribution in [1.29, 1.82) is 0 Å². The molecule has 1 saturated heterocycles. The number of anilines is 3. The minimum Gasteiger partial charge on any atom is -0.465 e. The number of rotatable bonds is 7. The van der Waals surface area contributed by atoms with E-state index < -0.39 is 18.3 Å². The van der Waals surface area contributed by atoms with Crippen molar-refractivity contribution in [1.82, 2.24) is 20.3 Å². The molecule has 338 valence electrons. The number of hydrogen-bond donors (Lipinski definition) is 4. The van der Waals surface area contributed by atoms with E-state index >= 15 is 0 Å². The zero-order valence-corrected chi connectivity index (χ0v) is 40.4. The summed E-state index contributed by atoms with van der Waals surface area (Å²) in [4.78, 5) is 35.3. The van der Waals surface area contributed by atoms with Gasteiger partial charge in [-0.1, -0.05) is 0 Å². The van der Waals surface area contributed by atoms with Crippen molar-refractivity contribution in [3.63, 3.8) is 0 Å². The van der Waals surface area contributed by atoms with Crippen LogP contribution in [0.1, 0.15) is 73.2 Å². The molecule has 0 amide bonds. The highest BCUT2D eigenvalue weighted by atomic mass is 79.9. The summed E-state index contributed by atoms with van der Waals surface area (Å²) in [6, 6.07) is 20.3. The van der Waals surface area contributed by atoms with Crippen molar-refractivity contribution >= 4 is 73.0 Å². The predicted octanol–water partition coefficient (Wildman–Crippen LogP) is 7.98. The average molecular weight is 991 g/mol. The quantitative estimate of drug-likeness (QED) is 0.114. The Hall–Kier alpha value is -4.34. The van der Waals surface area contributed by atoms with Crippen LogP contribution in [0.2, 0.25) is 0 Å². The Balaban J connectivity index is 0.000000133. The van der Waals surface area contributed by atoms with Crippen LogP contribution in [-0.4, -0.2) is 104 Å². The largest absolute Gasteiger partial charge is 0.465 e. The van der Waals surface area contributed by atoms with Crippen molar-refractivity contribution in [2.24, 2.45) is 0 Å². The molecule has 0 aliphatic carbocycles. The third-order valence-corrected chi connectivity index (χ3v) is 15.5. The van der Waals surface area contributed by atoms with Crippen LogP contribution in [0, 0.1) is 0 Å². The molecule has 4 N–H and O–H groups in total. The Morgan fingerprint density at radius 1 is 0.750 bits per heavy atom. The Kier molecular flexibility index (Phi) is 14.8. The molecule has 0 spiro atoms. The van der Waals surface area contributed by atoms with Crippen molar-refractivity contribution in [2.75, 3.05) is 82.8 Å². The number of fused-ring (bicyclic) bond motifs is 3. The zero-order valence-electron chi connectivity index (χ0n) is 36.3. The van der Waals surface area contributed by atoms with E-state index in [-0.39, 0.29) is 5.97 Å². The van der Waals surface area contributed by atoms with Crippen molar-refractivity contribution in [3.8, 4) is 31.7 Å². The van der Waals surface area contributed by atoms with Gasteiger partial charge >= 0.3 is 5.97 Å². The van der Waals surface area contributed by atoms with Crippen LogP contribution in [0.5, 0.6) is 0 Å². The first-order valence-electron chi connectivity index (χ1n) is 21.0. The lowest BCUT2D eigenvalue weighted by Gasteiger charge is -2.19. The van der Waals surface area contributed by atoms with E-state index in [1.54, 1.807) is 22.7 Å². The number of halogens is 1. The lowest BCUT2D eigenvalue weighted by Crippen LogP contribution is -2.26. The zero-order chi connectivity index (χ0) is 45.1. The van der Waals surface area contributed by atoms with E-state index in [2.05, 4.69) is 93.4 Å². The summed E-state index contributed by atoms with van der Waals surface area (Å²) >= 11 is 8.14. The normalized spacial score (nSPS) is 18.7. The molecule has 3 unspecified atom stereocenters. The first kappa shape index (κ1) is 46.2. The van der Waals surface area contributed by atoms with Crippen LogP contribution in [0.3, 0.4) is 0 Å². The Morgan fingerprint density at radius 2 is 1.33 bits per heavy atom. The van der Waals surface area contributed by atoms with Crippen LogP contribution < -0.4 is 20.0 Å². The molecule has 14 nitrogen and oxygen atoms in total. The number of methoxy groups -OCH3 is 1. The lowest BCUT2D eigenvalue weighted by atomic mass is 10.1. The fraction of sp³-hybridized carbons (Fsp3) is 0.391. The number of carbonyl (C=O) groups is 1. The van der Waals surface area contributed by atoms with E-state index in [4.69, 9.17) is 14.2 Å². The molecule has 6 aromatic rings. The van der Waals surface area contributed by atoms with Gasteiger partial charge in [0.2, 0.25) is 0 Å². The summed E-state index contributed by atoms with van der Waals surface area (Å²) in [5.41, 5.74) is 9.34. The first-order chi connectivity index (χ1) is 30.9. The number of carbonyl (C=O) groups excluding carboxylic acids is 1. The molecule has 10 rings (SSSR count). The fourth-order valence-electron chi connectivity index (χ4n) is 7.75. The van der Waals surface area contributed by atoms with Gasteiger partial charge in [-0.25, -0.2) is 19.7 Å². The molecule has 7 heterocycles. The van der Waals surface area contributed by atoms with Gasteiger partial charge in [0.15, 0.2) is 0 Å². The SMILES string of the molecule is CN(C)c1ccc(-c2nc3c(s2)C(O)COC3)cc1.CN(C)c1ccc(-c2nc3c(s2)C(O)COC3)cc1Br.COC(=O)c1cc(N2CCCC2)ccc1-c1nc2c(s1)C(O)CNC2. The smallest absolute Gasteiger partial charge is 0.338 e. The fourth-order valence-corrected chi connectivity index (χ4v) is 11.7. The molecule has 64 heavy (non-hydrogen) atoms. The van der Waals surface area contributed by atoms with E-state index in [0.29, 0.717) is 45.1 Å². The predicted molar refractivity (Wildman–Crippen MR) is 258 cm³/mol. The number of aromatic nitrogens is 3. The molecule has 18 heteroatoms. The molecule has 0 bridgehead atoms. The summed E-state index contributed by atoms with van der Waals surface area (Å²) in [6.45, 7) is 4.92. The van der Waals surface area contributed by atoms with Crippen molar-refractivity contribution in [3.05, 3.63) is 102 Å². The van der Waals surface area contributed by atoms with Gasteiger partial charge in [0, 0.05) is 86.9 Å². The highest BCUT2D eigenvalue weighted by Gasteiger charge is 2.27. The maximum absolute atomic E-state index is 12.4.